The summed E-state index contributed by atoms with van der Waals surface area (Å²) in [5.74, 6) is 0.895. The van der Waals surface area contributed by atoms with Crippen LogP contribution < -0.4 is 10.1 Å². The van der Waals surface area contributed by atoms with Crippen molar-refractivity contribution in [1.29, 1.82) is 0 Å². The predicted octanol–water partition coefficient (Wildman–Crippen LogP) is 3.40. The number of hydrogen-bond donors (Lipinski definition) is 1. The highest BCUT2D eigenvalue weighted by molar-refractivity contribution is 5.93. The summed E-state index contributed by atoms with van der Waals surface area (Å²) in [5.41, 5.74) is 2.90. The second kappa shape index (κ2) is 5.82. The third kappa shape index (κ3) is 2.85. The summed E-state index contributed by atoms with van der Waals surface area (Å²) in [6.07, 6.45) is 1.52. The number of rotatable bonds is 4. The fourth-order valence-electron chi connectivity index (χ4n) is 2.14. The molecule has 0 bridgehead atoms. The van der Waals surface area contributed by atoms with Gasteiger partial charge in [-0.2, -0.15) is 0 Å². The van der Waals surface area contributed by atoms with Crippen molar-refractivity contribution in [3.8, 4) is 5.75 Å². The SMILES string of the molecule is COc1ccc(C)cc1[C@H](C)NC(=O)c1occc1C. The van der Waals surface area contributed by atoms with E-state index in [4.69, 9.17) is 9.15 Å². The number of aryl methyl sites for hydroxylation is 2. The van der Waals surface area contributed by atoms with Crippen molar-refractivity contribution >= 4 is 5.91 Å². The Hall–Kier alpha value is -2.23. The number of benzene rings is 1. The molecule has 2 aromatic rings. The fourth-order valence-corrected chi connectivity index (χ4v) is 2.14. The van der Waals surface area contributed by atoms with Crippen LogP contribution in [0.15, 0.2) is 34.9 Å². The molecule has 1 amide bonds. The normalized spacial score (nSPS) is 12.0. The van der Waals surface area contributed by atoms with E-state index in [2.05, 4.69) is 5.32 Å². The molecule has 2 rings (SSSR count). The summed E-state index contributed by atoms with van der Waals surface area (Å²) in [6, 6.07) is 7.51. The Bertz CT molecular complexity index is 616. The van der Waals surface area contributed by atoms with E-state index in [1.807, 2.05) is 39.0 Å². The number of amides is 1. The minimum atomic E-state index is -0.219. The maximum absolute atomic E-state index is 12.1. The monoisotopic (exact) mass is 273 g/mol. The van der Waals surface area contributed by atoms with Crippen LogP contribution in [0.25, 0.3) is 0 Å². The zero-order valence-corrected chi connectivity index (χ0v) is 12.2. The van der Waals surface area contributed by atoms with Crippen molar-refractivity contribution < 1.29 is 13.9 Å². The minimum absolute atomic E-state index is 0.165. The van der Waals surface area contributed by atoms with E-state index < -0.39 is 0 Å². The number of methoxy groups -OCH3 is 1. The van der Waals surface area contributed by atoms with E-state index in [1.54, 1.807) is 13.2 Å². The van der Waals surface area contributed by atoms with Crippen molar-refractivity contribution in [2.24, 2.45) is 0 Å². The Balaban J connectivity index is 2.20. The first kappa shape index (κ1) is 14.2. The molecule has 0 spiro atoms. The molecule has 0 radical (unpaired) electrons. The van der Waals surface area contributed by atoms with Gasteiger partial charge in [-0.25, -0.2) is 0 Å². The predicted molar refractivity (Wildman–Crippen MR) is 77.1 cm³/mol. The van der Waals surface area contributed by atoms with Gasteiger partial charge in [0.1, 0.15) is 5.75 Å². The number of nitrogens with one attached hydrogen (secondary N) is 1. The van der Waals surface area contributed by atoms with Crippen molar-refractivity contribution in [1.82, 2.24) is 5.32 Å². The van der Waals surface area contributed by atoms with E-state index >= 15 is 0 Å². The van der Waals surface area contributed by atoms with Crippen LogP contribution in [-0.2, 0) is 0 Å². The Kier molecular flexibility index (Phi) is 4.13. The summed E-state index contributed by atoms with van der Waals surface area (Å²) in [7, 11) is 1.62. The molecular formula is C16H19NO3. The molecule has 1 heterocycles. The quantitative estimate of drug-likeness (QED) is 0.929. The Labute approximate surface area is 118 Å². The van der Waals surface area contributed by atoms with Crippen LogP contribution in [0.2, 0.25) is 0 Å². The molecule has 0 aliphatic heterocycles. The molecule has 1 aromatic heterocycles. The molecule has 1 N–H and O–H groups in total. The number of furan rings is 1. The second-order valence-corrected chi connectivity index (χ2v) is 4.87. The summed E-state index contributed by atoms with van der Waals surface area (Å²) in [5, 5.41) is 2.93. The molecule has 0 aliphatic carbocycles. The van der Waals surface area contributed by atoms with E-state index in [9.17, 15) is 4.79 Å². The van der Waals surface area contributed by atoms with Crippen LogP contribution in [0, 0.1) is 13.8 Å². The highest BCUT2D eigenvalue weighted by atomic mass is 16.5. The van der Waals surface area contributed by atoms with Crippen LogP contribution in [0.3, 0.4) is 0 Å². The highest BCUT2D eigenvalue weighted by Gasteiger charge is 2.18. The summed E-state index contributed by atoms with van der Waals surface area (Å²) >= 11 is 0. The van der Waals surface area contributed by atoms with Crippen molar-refractivity contribution in [2.45, 2.75) is 26.8 Å². The molecule has 0 aliphatic rings. The summed E-state index contributed by atoms with van der Waals surface area (Å²) < 4.78 is 10.5. The molecule has 1 aromatic carbocycles. The lowest BCUT2D eigenvalue weighted by molar-refractivity contribution is 0.0910. The molecule has 106 valence electrons. The van der Waals surface area contributed by atoms with Crippen LogP contribution >= 0.6 is 0 Å². The van der Waals surface area contributed by atoms with Crippen LogP contribution in [0.4, 0.5) is 0 Å². The first-order valence-corrected chi connectivity index (χ1v) is 6.52. The van der Waals surface area contributed by atoms with Gasteiger partial charge in [-0.15, -0.1) is 0 Å². The molecule has 4 heteroatoms. The van der Waals surface area contributed by atoms with Gasteiger partial charge < -0.3 is 14.5 Å². The molecule has 0 saturated carbocycles. The van der Waals surface area contributed by atoms with Crippen LogP contribution in [0.5, 0.6) is 5.75 Å². The average molecular weight is 273 g/mol. The smallest absolute Gasteiger partial charge is 0.287 e. The molecule has 20 heavy (non-hydrogen) atoms. The summed E-state index contributed by atoms with van der Waals surface area (Å²) in [4.78, 5) is 12.1. The van der Waals surface area contributed by atoms with Gasteiger partial charge in [0.2, 0.25) is 0 Å². The maximum atomic E-state index is 12.1. The van der Waals surface area contributed by atoms with Crippen molar-refractivity contribution in [3.63, 3.8) is 0 Å². The van der Waals surface area contributed by atoms with Gasteiger partial charge in [-0.3, -0.25) is 4.79 Å². The van der Waals surface area contributed by atoms with Crippen molar-refractivity contribution in [3.05, 3.63) is 53.0 Å². The largest absolute Gasteiger partial charge is 0.496 e. The van der Waals surface area contributed by atoms with E-state index in [0.29, 0.717) is 5.76 Å². The Morgan fingerprint density at radius 3 is 2.65 bits per heavy atom. The van der Waals surface area contributed by atoms with Gasteiger partial charge in [0.15, 0.2) is 5.76 Å². The maximum Gasteiger partial charge on any atom is 0.287 e. The Morgan fingerprint density at radius 2 is 2.05 bits per heavy atom. The summed E-state index contributed by atoms with van der Waals surface area (Å²) in [6.45, 7) is 5.78. The third-order valence-electron chi connectivity index (χ3n) is 3.27. The number of hydrogen-bond acceptors (Lipinski definition) is 3. The number of carbonyl (C=O) groups excluding carboxylic acids is 1. The first-order chi connectivity index (χ1) is 9.52. The number of carbonyl (C=O) groups is 1. The molecule has 0 fully saturated rings. The van der Waals surface area contributed by atoms with Gasteiger partial charge in [0.25, 0.3) is 5.91 Å². The molecular weight excluding hydrogens is 254 g/mol. The van der Waals surface area contributed by atoms with Crippen LogP contribution in [-0.4, -0.2) is 13.0 Å². The highest BCUT2D eigenvalue weighted by Crippen LogP contribution is 2.26. The van der Waals surface area contributed by atoms with Gasteiger partial charge >= 0.3 is 0 Å². The third-order valence-corrected chi connectivity index (χ3v) is 3.27. The zero-order valence-electron chi connectivity index (χ0n) is 12.2. The zero-order chi connectivity index (χ0) is 14.7. The van der Waals surface area contributed by atoms with Gasteiger partial charge in [-0.05, 0) is 32.9 Å². The topological polar surface area (TPSA) is 51.5 Å². The minimum Gasteiger partial charge on any atom is -0.496 e. The lowest BCUT2D eigenvalue weighted by Gasteiger charge is -2.17. The van der Waals surface area contributed by atoms with Gasteiger partial charge in [0, 0.05) is 11.1 Å². The fraction of sp³-hybridized carbons (Fsp3) is 0.312. The first-order valence-electron chi connectivity index (χ1n) is 6.52. The molecule has 0 saturated heterocycles. The van der Waals surface area contributed by atoms with E-state index in [-0.39, 0.29) is 11.9 Å². The Morgan fingerprint density at radius 1 is 1.30 bits per heavy atom. The van der Waals surface area contributed by atoms with Crippen LogP contribution in [0.1, 0.15) is 40.2 Å². The standard InChI is InChI=1S/C16H19NO3/c1-10-5-6-14(19-4)13(9-10)12(3)17-16(18)15-11(2)7-8-20-15/h5-9,12H,1-4H3,(H,17,18)/t12-/m0/s1. The molecule has 4 nitrogen and oxygen atoms in total. The van der Waals surface area contributed by atoms with E-state index in [0.717, 1.165) is 22.4 Å². The van der Waals surface area contributed by atoms with Gasteiger partial charge in [-0.1, -0.05) is 17.7 Å². The lowest BCUT2D eigenvalue weighted by atomic mass is 10.0. The van der Waals surface area contributed by atoms with E-state index in [1.165, 1.54) is 6.26 Å². The van der Waals surface area contributed by atoms with Crippen molar-refractivity contribution in [2.75, 3.05) is 7.11 Å². The van der Waals surface area contributed by atoms with Gasteiger partial charge in [0.05, 0.1) is 19.4 Å². The lowest BCUT2D eigenvalue weighted by Crippen LogP contribution is -2.27. The molecule has 1 atom stereocenters. The number of ether oxygens (including phenoxy) is 1. The average Bonchev–Trinajstić information content (AvgIpc) is 2.85. The second-order valence-electron chi connectivity index (χ2n) is 4.87. The molecule has 0 unspecified atom stereocenters.